The second-order valence-corrected chi connectivity index (χ2v) is 21.1. The zero-order valence-corrected chi connectivity index (χ0v) is 38.4. The number of hydrogen-bond donors (Lipinski definition) is 3. The molecule has 0 radical (unpaired) electrons. The summed E-state index contributed by atoms with van der Waals surface area (Å²) >= 11 is 0. The molecule has 0 aromatic heterocycles. The van der Waals surface area contributed by atoms with Gasteiger partial charge in [0.05, 0.1) is 6.10 Å². The molecule has 7 heteroatoms. The predicted molar refractivity (Wildman–Crippen MR) is 235 cm³/mol. The minimum atomic E-state index is -1.44. The summed E-state index contributed by atoms with van der Waals surface area (Å²) in [7, 11) is 0. The fourth-order valence-corrected chi connectivity index (χ4v) is 13.3. The van der Waals surface area contributed by atoms with Crippen LogP contribution in [-0.2, 0) is 19.0 Å². The van der Waals surface area contributed by atoms with Crippen LogP contribution >= 0.6 is 0 Å². The second-order valence-electron chi connectivity index (χ2n) is 21.1. The first kappa shape index (κ1) is 48.0. The highest BCUT2D eigenvalue weighted by molar-refractivity contribution is 5.69. The maximum Gasteiger partial charge on any atom is 0.305 e. The van der Waals surface area contributed by atoms with E-state index in [1.807, 2.05) is 0 Å². The molecule has 0 amide bonds. The predicted octanol–water partition coefficient (Wildman–Crippen LogP) is 11.9. The summed E-state index contributed by atoms with van der Waals surface area (Å²) in [6.07, 6.45) is 26.1. The standard InChI is InChI=1S/C51H90O7/c1-8-10-11-12-13-14-15-16-17-18-19-20-21-22-45(52)56-34-44-46(53)47(54)48(55)49(58-44)57-39-29-31-50(6)38(33-39)25-26-40-42-28-27-41(51(42,7)32-30-43(40)50)36(5)23-24-37(9-2)35(3)4/h25,35-37,39-44,46-49,53-55H,8-24,26-34H2,1-7H3/t36-,37-,39+,40+,41-,42+,43+,44-,46-,47+,48-,49-,50+,51-/m0/s1. The van der Waals surface area contributed by atoms with E-state index < -0.39 is 30.7 Å². The van der Waals surface area contributed by atoms with E-state index in [9.17, 15) is 20.1 Å². The van der Waals surface area contributed by atoms with Crippen LogP contribution in [0.5, 0.6) is 0 Å². The molecule has 58 heavy (non-hydrogen) atoms. The van der Waals surface area contributed by atoms with Crippen molar-refractivity contribution in [2.45, 2.75) is 246 Å². The number of ether oxygens (including phenoxy) is 3. The Bertz CT molecular complexity index is 1250. The molecule has 1 heterocycles. The highest BCUT2D eigenvalue weighted by Crippen LogP contribution is 2.67. The molecule has 3 saturated carbocycles. The van der Waals surface area contributed by atoms with Crippen LogP contribution in [0.4, 0.5) is 0 Å². The molecule has 1 saturated heterocycles. The lowest BCUT2D eigenvalue weighted by molar-refractivity contribution is -0.313. The van der Waals surface area contributed by atoms with Crippen molar-refractivity contribution in [1.29, 1.82) is 0 Å². The molecule has 1 aliphatic heterocycles. The Balaban J connectivity index is 1.04. The Morgan fingerprint density at radius 1 is 0.793 bits per heavy atom. The van der Waals surface area contributed by atoms with Gasteiger partial charge in [0.15, 0.2) is 6.29 Å². The number of fused-ring (bicyclic) bond motifs is 5. The Kier molecular flexibility index (Phi) is 19.0. The summed E-state index contributed by atoms with van der Waals surface area (Å²) in [5, 5.41) is 32.5. The van der Waals surface area contributed by atoms with Gasteiger partial charge in [0.25, 0.3) is 0 Å². The molecule has 336 valence electrons. The lowest BCUT2D eigenvalue weighted by Gasteiger charge is -2.58. The Morgan fingerprint density at radius 2 is 1.45 bits per heavy atom. The van der Waals surface area contributed by atoms with Crippen molar-refractivity contribution in [2.75, 3.05) is 6.61 Å². The average Bonchev–Trinajstić information content (AvgIpc) is 3.56. The Morgan fingerprint density at radius 3 is 2.09 bits per heavy atom. The van der Waals surface area contributed by atoms with Gasteiger partial charge in [0, 0.05) is 6.42 Å². The molecule has 0 bridgehead atoms. The van der Waals surface area contributed by atoms with Gasteiger partial charge in [-0.2, -0.15) is 0 Å². The Hall–Kier alpha value is -0.990. The third-order valence-corrected chi connectivity index (χ3v) is 17.2. The number of rotatable bonds is 24. The van der Waals surface area contributed by atoms with E-state index in [-0.39, 0.29) is 24.1 Å². The van der Waals surface area contributed by atoms with Gasteiger partial charge in [-0.15, -0.1) is 0 Å². The Labute approximate surface area is 355 Å². The quantitative estimate of drug-likeness (QED) is 0.0506. The molecule has 3 N–H and O–H groups in total. The SMILES string of the molecule is CCCCCCCCCCCCCCCC(=O)OC[C@@H]1O[C@H](O[C@@H]2CC[C@]3(C)C(=CC[C@@H]4[C@H]5CC[C@@H]([C@@H](C)CC[C@H](CC)C(C)C)[C@]5(C)CC[C@H]43)C2)[C@@H](O)[C@H](O)[C@H]1O. The van der Waals surface area contributed by atoms with Gasteiger partial charge in [-0.25, -0.2) is 0 Å². The first-order valence-corrected chi connectivity index (χ1v) is 25.0. The number of unbranched alkanes of at least 4 members (excludes halogenated alkanes) is 12. The van der Waals surface area contributed by atoms with E-state index in [2.05, 4.69) is 54.5 Å². The van der Waals surface area contributed by atoms with E-state index in [1.165, 1.54) is 115 Å². The highest BCUT2D eigenvalue weighted by atomic mass is 16.7. The molecule has 0 unspecified atom stereocenters. The molecular weight excluding hydrogens is 725 g/mol. The number of allylic oxidation sites excluding steroid dienone is 1. The van der Waals surface area contributed by atoms with Crippen LogP contribution in [0.3, 0.4) is 0 Å². The first-order chi connectivity index (χ1) is 27.8. The molecular formula is C51H90O7. The number of hydrogen-bond acceptors (Lipinski definition) is 7. The van der Waals surface area contributed by atoms with Crippen LogP contribution in [-0.4, -0.2) is 64.7 Å². The van der Waals surface area contributed by atoms with Crippen LogP contribution in [0, 0.1) is 52.3 Å². The molecule has 4 fully saturated rings. The van der Waals surface area contributed by atoms with Crippen molar-refractivity contribution in [2.24, 2.45) is 52.3 Å². The maximum absolute atomic E-state index is 12.6. The lowest BCUT2D eigenvalue weighted by Crippen LogP contribution is -2.60. The van der Waals surface area contributed by atoms with Gasteiger partial charge in [0.1, 0.15) is 31.0 Å². The average molecular weight is 815 g/mol. The summed E-state index contributed by atoms with van der Waals surface area (Å²) in [6.45, 7) is 17.0. The summed E-state index contributed by atoms with van der Waals surface area (Å²) in [4.78, 5) is 12.6. The zero-order valence-electron chi connectivity index (χ0n) is 38.4. The van der Waals surface area contributed by atoms with E-state index in [1.54, 1.807) is 0 Å². The number of esters is 1. The van der Waals surface area contributed by atoms with Crippen LogP contribution in [0.1, 0.15) is 209 Å². The number of carbonyl (C=O) groups is 1. The third kappa shape index (κ3) is 11.9. The largest absolute Gasteiger partial charge is 0.463 e. The normalized spacial score (nSPS) is 37.1. The van der Waals surface area contributed by atoms with E-state index in [4.69, 9.17) is 14.2 Å². The van der Waals surface area contributed by atoms with Crippen molar-refractivity contribution >= 4 is 5.97 Å². The summed E-state index contributed by atoms with van der Waals surface area (Å²) in [6, 6.07) is 0. The fraction of sp³-hybridized carbons (Fsp3) is 0.941. The van der Waals surface area contributed by atoms with Gasteiger partial charge in [-0.05, 0) is 116 Å². The second kappa shape index (κ2) is 22.9. The molecule has 4 aliphatic carbocycles. The topological polar surface area (TPSA) is 105 Å². The molecule has 0 aromatic rings. The molecule has 0 aromatic carbocycles. The van der Waals surface area contributed by atoms with Gasteiger partial charge in [-0.3, -0.25) is 4.79 Å². The minimum Gasteiger partial charge on any atom is -0.463 e. The van der Waals surface area contributed by atoms with Gasteiger partial charge in [-0.1, -0.05) is 150 Å². The monoisotopic (exact) mass is 815 g/mol. The number of aliphatic hydroxyl groups is 3. The number of aliphatic hydroxyl groups excluding tert-OH is 3. The van der Waals surface area contributed by atoms with Crippen LogP contribution in [0.2, 0.25) is 0 Å². The van der Waals surface area contributed by atoms with Crippen molar-refractivity contribution in [3.8, 4) is 0 Å². The van der Waals surface area contributed by atoms with Crippen molar-refractivity contribution in [3.05, 3.63) is 11.6 Å². The zero-order chi connectivity index (χ0) is 41.9. The van der Waals surface area contributed by atoms with Crippen molar-refractivity contribution < 1.29 is 34.3 Å². The van der Waals surface area contributed by atoms with E-state index in [0.717, 1.165) is 80.5 Å². The summed E-state index contributed by atoms with van der Waals surface area (Å²) in [5.74, 6) is 5.24. The van der Waals surface area contributed by atoms with Gasteiger partial charge >= 0.3 is 5.97 Å². The smallest absolute Gasteiger partial charge is 0.305 e. The van der Waals surface area contributed by atoms with Crippen molar-refractivity contribution in [1.82, 2.24) is 0 Å². The van der Waals surface area contributed by atoms with Gasteiger partial charge in [0.2, 0.25) is 0 Å². The third-order valence-electron chi connectivity index (χ3n) is 17.2. The summed E-state index contributed by atoms with van der Waals surface area (Å²) < 4.78 is 18.0. The molecule has 5 aliphatic rings. The summed E-state index contributed by atoms with van der Waals surface area (Å²) in [5.41, 5.74) is 2.13. The molecule has 7 nitrogen and oxygen atoms in total. The van der Waals surface area contributed by atoms with Crippen molar-refractivity contribution in [3.63, 3.8) is 0 Å². The fourth-order valence-electron chi connectivity index (χ4n) is 13.3. The molecule has 5 rings (SSSR count). The van der Waals surface area contributed by atoms with Crippen LogP contribution < -0.4 is 0 Å². The first-order valence-electron chi connectivity index (χ1n) is 25.0. The van der Waals surface area contributed by atoms with E-state index in [0.29, 0.717) is 17.8 Å². The maximum atomic E-state index is 12.6. The van der Waals surface area contributed by atoms with E-state index >= 15 is 0 Å². The number of carbonyl (C=O) groups excluding carboxylic acids is 1. The molecule has 14 atom stereocenters. The minimum absolute atomic E-state index is 0.139. The molecule has 0 spiro atoms. The van der Waals surface area contributed by atoms with Crippen LogP contribution in [0.25, 0.3) is 0 Å². The van der Waals surface area contributed by atoms with Crippen LogP contribution in [0.15, 0.2) is 11.6 Å². The highest BCUT2D eigenvalue weighted by Gasteiger charge is 2.59. The van der Waals surface area contributed by atoms with Gasteiger partial charge < -0.3 is 29.5 Å². The lowest BCUT2D eigenvalue weighted by atomic mass is 9.47.